The predicted molar refractivity (Wildman–Crippen MR) is 107 cm³/mol. The third-order valence-corrected chi connectivity index (χ3v) is 7.05. The van der Waals surface area contributed by atoms with Crippen LogP contribution in [0, 0.1) is 0 Å². The zero-order chi connectivity index (χ0) is 17.5. The molecule has 3 nitrogen and oxygen atoms in total. The molecule has 1 aliphatic heterocycles. The number of phenols is 1. The molecule has 2 aliphatic rings. The lowest BCUT2D eigenvalue weighted by molar-refractivity contribution is 0.198. The van der Waals surface area contributed by atoms with E-state index < -0.39 is 0 Å². The highest BCUT2D eigenvalue weighted by Crippen LogP contribution is 2.35. The van der Waals surface area contributed by atoms with E-state index in [9.17, 15) is 5.11 Å². The van der Waals surface area contributed by atoms with Crippen LogP contribution in [0.3, 0.4) is 0 Å². The summed E-state index contributed by atoms with van der Waals surface area (Å²) in [5, 5.41) is 11.7. The first-order valence-electron chi connectivity index (χ1n) is 9.68. The summed E-state index contributed by atoms with van der Waals surface area (Å²) in [6.45, 7) is 2.99. The van der Waals surface area contributed by atoms with Crippen molar-refractivity contribution in [3.8, 4) is 5.75 Å². The highest BCUT2D eigenvalue weighted by molar-refractivity contribution is 7.18. The summed E-state index contributed by atoms with van der Waals surface area (Å²) >= 11 is 1.84. The Labute approximate surface area is 158 Å². The number of likely N-dealkylation sites (tertiary alicyclic amines) is 1. The first-order valence-corrected chi connectivity index (χ1v) is 10.5. The van der Waals surface area contributed by atoms with Crippen molar-refractivity contribution in [3.05, 3.63) is 58.1 Å². The van der Waals surface area contributed by atoms with Crippen molar-refractivity contribution in [2.75, 3.05) is 13.1 Å². The molecule has 0 spiro atoms. The van der Waals surface area contributed by atoms with E-state index >= 15 is 0 Å². The van der Waals surface area contributed by atoms with Crippen LogP contribution in [0.5, 0.6) is 5.75 Å². The lowest BCUT2D eigenvalue weighted by atomic mass is 9.97. The second-order valence-electron chi connectivity index (χ2n) is 7.70. The minimum Gasteiger partial charge on any atom is -0.508 e. The van der Waals surface area contributed by atoms with Gasteiger partial charge >= 0.3 is 0 Å². The molecule has 0 amide bonds. The van der Waals surface area contributed by atoms with Crippen molar-refractivity contribution in [3.63, 3.8) is 0 Å². The molecule has 0 saturated carbocycles. The van der Waals surface area contributed by atoms with Crippen LogP contribution in [0.2, 0.25) is 0 Å². The molecule has 26 heavy (non-hydrogen) atoms. The molecular formula is C22H24N2OS. The number of aryl methyl sites for hydroxylation is 2. The van der Waals surface area contributed by atoms with Crippen molar-refractivity contribution in [2.24, 2.45) is 0 Å². The average Bonchev–Trinajstić information content (AvgIpc) is 3.28. The van der Waals surface area contributed by atoms with Gasteiger partial charge in [0.05, 0.1) is 15.2 Å². The quantitative estimate of drug-likeness (QED) is 0.720. The third-order valence-electron chi connectivity index (χ3n) is 5.85. The number of rotatable bonds is 3. The minimum atomic E-state index is 0.479. The number of aromatic hydroxyl groups is 1. The molecule has 0 radical (unpaired) electrons. The van der Waals surface area contributed by atoms with Crippen LogP contribution < -0.4 is 0 Å². The van der Waals surface area contributed by atoms with Gasteiger partial charge in [-0.25, -0.2) is 4.98 Å². The van der Waals surface area contributed by atoms with Crippen molar-refractivity contribution < 1.29 is 5.11 Å². The second-order valence-corrected chi connectivity index (χ2v) is 8.76. The van der Waals surface area contributed by atoms with Gasteiger partial charge in [0.15, 0.2) is 0 Å². The molecule has 3 aromatic rings. The van der Waals surface area contributed by atoms with E-state index in [2.05, 4.69) is 35.2 Å². The number of nitrogens with zero attached hydrogens (tertiary/aromatic N) is 2. The standard InChI is InChI=1S/C22H24N2OS/c25-20-12-16-6-3-5-15(16)11-18(20)14-24-10-4-7-17(13-24)22-23-19-8-1-2-9-21(19)26-22/h1-2,8-9,11-12,17,25H,3-7,10,13-14H2. The number of para-hydroxylation sites is 1. The Hall–Kier alpha value is -1.91. The number of hydrogen-bond acceptors (Lipinski definition) is 4. The molecule has 5 rings (SSSR count). The van der Waals surface area contributed by atoms with Gasteiger partial charge in [0.1, 0.15) is 5.75 Å². The van der Waals surface area contributed by atoms with Crippen LogP contribution in [0.1, 0.15) is 46.9 Å². The largest absolute Gasteiger partial charge is 0.508 e. The van der Waals surface area contributed by atoms with Crippen molar-refractivity contribution in [1.29, 1.82) is 0 Å². The monoisotopic (exact) mass is 364 g/mol. The number of benzene rings is 2. The van der Waals surface area contributed by atoms with Crippen molar-refractivity contribution in [1.82, 2.24) is 9.88 Å². The van der Waals surface area contributed by atoms with Crippen LogP contribution in [0.25, 0.3) is 10.2 Å². The van der Waals surface area contributed by atoms with Gasteiger partial charge in [-0.05, 0) is 68.0 Å². The molecule has 1 atom stereocenters. The Balaban J connectivity index is 1.34. The molecule has 134 valence electrons. The molecule has 1 fully saturated rings. The second kappa shape index (κ2) is 6.67. The van der Waals surface area contributed by atoms with Crippen LogP contribution >= 0.6 is 11.3 Å². The molecule has 1 saturated heterocycles. The van der Waals surface area contributed by atoms with Gasteiger partial charge in [0.25, 0.3) is 0 Å². The Morgan fingerprint density at radius 2 is 1.96 bits per heavy atom. The zero-order valence-electron chi connectivity index (χ0n) is 14.9. The van der Waals surface area contributed by atoms with Gasteiger partial charge in [0, 0.05) is 24.6 Å². The summed E-state index contributed by atoms with van der Waals surface area (Å²) in [6.07, 6.45) is 5.92. The molecule has 0 bridgehead atoms. The minimum absolute atomic E-state index is 0.479. The van der Waals surface area contributed by atoms with Gasteiger partial charge in [-0.2, -0.15) is 0 Å². The van der Waals surface area contributed by atoms with Crippen LogP contribution in [0.4, 0.5) is 0 Å². The fourth-order valence-corrected chi connectivity index (χ4v) is 5.59. The molecule has 4 heteroatoms. The Morgan fingerprint density at radius 3 is 2.85 bits per heavy atom. The lowest BCUT2D eigenvalue weighted by Gasteiger charge is -2.32. The first-order chi connectivity index (χ1) is 12.8. The van der Waals surface area contributed by atoms with Gasteiger partial charge in [-0.3, -0.25) is 4.90 Å². The van der Waals surface area contributed by atoms with E-state index in [-0.39, 0.29) is 0 Å². The van der Waals surface area contributed by atoms with Crippen molar-refractivity contribution >= 4 is 21.6 Å². The number of phenolic OH excluding ortho intramolecular Hbond substituents is 1. The van der Waals surface area contributed by atoms with Crippen LogP contribution in [-0.4, -0.2) is 28.1 Å². The topological polar surface area (TPSA) is 36.4 Å². The maximum absolute atomic E-state index is 10.4. The predicted octanol–water partition coefficient (Wildman–Crippen LogP) is 4.87. The summed E-state index contributed by atoms with van der Waals surface area (Å²) < 4.78 is 1.29. The smallest absolute Gasteiger partial charge is 0.120 e. The number of thiazole rings is 1. The Morgan fingerprint density at radius 1 is 1.12 bits per heavy atom. The fourth-order valence-electron chi connectivity index (χ4n) is 4.50. The van der Waals surface area contributed by atoms with E-state index in [1.807, 2.05) is 17.4 Å². The molecule has 1 unspecified atom stereocenters. The van der Waals surface area contributed by atoms with E-state index in [0.29, 0.717) is 11.7 Å². The van der Waals surface area contributed by atoms with Crippen LogP contribution in [-0.2, 0) is 19.4 Å². The van der Waals surface area contributed by atoms with E-state index in [1.165, 1.54) is 40.1 Å². The first kappa shape index (κ1) is 16.3. The summed E-state index contributed by atoms with van der Waals surface area (Å²) in [5.74, 6) is 0.991. The maximum Gasteiger partial charge on any atom is 0.120 e. The highest BCUT2D eigenvalue weighted by atomic mass is 32.1. The molecule has 2 heterocycles. The van der Waals surface area contributed by atoms with Crippen molar-refractivity contribution in [2.45, 2.75) is 44.6 Å². The molecule has 2 aromatic carbocycles. The van der Waals surface area contributed by atoms with Gasteiger partial charge in [-0.1, -0.05) is 18.2 Å². The maximum atomic E-state index is 10.4. The van der Waals surface area contributed by atoms with E-state index in [4.69, 9.17) is 4.98 Å². The number of fused-ring (bicyclic) bond motifs is 2. The highest BCUT2D eigenvalue weighted by Gasteiger charge is 2.25. The summed E-state index contributed by atoms with van der Waals surface area (Å²) in [7, 11) is 0. The molecule has 1 N–H and O–H groups in total. The summed E-state index contributed by atoms with van der Waals surface area (Å²) in [5.41, 5.74) is 5.01. The summed E-state index contributed by atoms with van der Waals surface area (Å²) in [6, 6.07) is 12.7. The molecular weight excluding hydrogens is 340 g/mol. The average molecular weight is 365 g/mol. The molecule has 1 aromatic heterocycles. The third kappa shape index (κ3) is 3.01. The zero-order valence-corrected chi connectivity index (χ0v) is 15.8. The lowest BCUT2D eigenvalue weighted by Crippen LogP contribution is -2.33. The summed E-state index contributed by atoms with van der Waals surface area (Å²) in [4.78, 5) is 7.38. The SMILES string of the molecule is Oc1cc2c(cc1CN1CCCC(c3nc4ccccc4s3)C1)CCC2. The number of hydrogen-bond donors (Lipinski definition) is 1. The normalized spacial score (nSPS) is 20.5. The van der Waals surface area contributed by atoms with E-state index in [1.54, 1.807) is 0 Å². The fraction of sp³-hybridized carbons (Fsp3) is 0.409. The van der Waals surface area contributed by atoms with Crippen LogP contribution in [0.15, 0.2) is 36.4 Å². The Kier molecular flexibility index (Phi) is 4.18. The molecule has 1 aliphatic carbocycles. The van der Waals surface area contributed by atoms with Gasteiger partial charge in [-0.15, -0.1) is 11.3 Å². The number of piperidine rings is 1. The van der Waals surface area contributed by atoms with Gasteiger partial charge in [0.2, 0.25) is 0 Å². The number of aromatic nitrogens is 1. The Bertz CT molecular complexity index is 915. The van der Waals surface area contributed by atoms with Gasteiger partial charge < -0.3 is 5.11 Å². The van der Waals surface area contributed by atoms with E-state index in [0.717, 1.165) is 43.6 Å².